The number of nitrogens with one attached hydrogen (secondary N) is 1. The number of alkyl halides is 3. The van der Waals surface area contributed by atoms with E-state index in [0.717, 1.165) is 40.6 Å². The smallest absolute Gasteiger partial charge is 0.430 e. The van der Waals surface area contributed by atoms with Crippen molar-refractivity contribution in [3.8, 4) is 10.6 Å². The summed E-state index contributed by atoms with van der Waals surface area (Å²) in [4.78, 5) is 26.5. The maximum atomic E-state index is 11.6. The van der Waals surface area contributed by atoms with Crippen LogP contribution < -0.4 is 15.7 Å². The van der Waals surface area contributed by atoms with Crippen molar-refractivity contribution in [3.63, 3.8) is 0 Å². The van der Waals surface area contributed by atoms with Gasteiger partial charge in [-0.15, -0.1) is 22.7 Å². The number of carboxylic acids is 1. The first-order valence-electron chi connectivity index (χ1n) is 8.54. The molecule has 0 spiro atoms. The summed E-state index contributed by atoms with van der Waals surface area (Å²) >= 11 is 3.40. The molecule has 3 heterocycles. The van der Waals surface area contributed by atoms with Crippen LogP contribution >= 0.6 is 22.7 Å². The summed E-state index contributed by atoms with van der Waals surface area (Å²) in [6, 6.07) is 8.19. The number of halogens is 3. The first-order valence-corrected chi connectivity index (χ1v) is 10.2. The lowest BCUT2D eigenvalue weighted by atomic mass is 10.0. The maximum Gasteiger partial charge on any atom is 0.430 e. The van der Waals surface area contributed by atoms with Gasteiger partial charge in [0, 0.05) is 18.9 Å². The number of amides is 1. The number of carbonyl (C=O) groups excluding carboxylic acids is 2. The fraction of sp³-hybridized carbons (Fsp3) is 0.278. The zero-order valence-electron chi connectivity index (χ0n) is 15.1. The number of nitrogens with two attached hydrogens (primary N) is 1. The standard InChI is InChI=1S/C16H15N3OS2.C2HF3O2/c1-9(20)18-15-14(10-6-7-17-8-13(10)22-15)16-19-11-4-2-3-5-12(11)21-16;3-2(4,5)1(6)7/h2-5,17H,6-8H2,1H3,(H,18,20);(H,6,7). The second-order valence-electron chi connectivity index (χ2n) is 6.19. The van der Waals surface area contributed by atoms with Crippen LogP contribution in [0.15, 0.2) is 24.3 Å². The van der Waals surface area contributed by atoms with Crippen LogP contribution in [0.25, 0.3) is 20.8 Å². The molecule has 1 aliphatic rings. The van der Waals surface area contributed by atoms with Crippen LogP contribution in [0.3, 0.4) is 0 Å². The minimum Gasteiger partial charge on any atom is -0.542 e. The minimum absolute atomic E-state index is 0.0232. The number of aromatic nitrogens is 1. The van der Waals surface area contributed by atoms with E-state index in [0.29, 0.717) is 0 Å². The van der Waals surface area contributed by atoms with E-state index in [-0.39, 0.29) is 5.91 Å². The van der Waals surface area contributed by atoms with Gasteiger partial charge in [0.1, 0.15) is 22.5 Å². The monoisotopic (exact) mass is 443 g/mol. The number of rotatable bonds is 2. The molecule has 4 rings (SSSR count). The summed E-state index contributed by atoms with van der Waals surface area (Å²) in [6.45, 7) is 3.66. The Morgan fingerprint density at radius 2 is 1.93 bits per heavy atom. The average Bonchev–Trinajstić information content (AvgIpc) is 3.20. The van der Waals surface area contributed by atoms with E-state index in [1.165, 1.54) is 15.1 Å². The van der Waals surface area contributed by atoms with E-state index in [2.05, 4.69) is 16.7 Å². The summed E-state index contributed by atoms with van der Waals surface area (Å²) < 4.78 is 32.7. The molecule has 0 bridgehead atoms. The topological polar surface area (TPSA) is 98.7 Å². The molecule has 0 unspecified atom stereocenters. The summed E-state index contributed by atoms with van der Waals surface area (Å²) in [5.41, 5.74) is 3.54. The number of carbonyl (C=O) groups is 2. The summed E-state index contributed by atoms with van der Waals surface area (Å²) in [5, 5.41) is 16.1. The summed E-state index contributed by atoms with van der Waals surface area (Å²) in [7, 11) is 0. The molecule has 3 N–H and O–H groups in total. The Kier molecular flexibility index (Phi) is 6.20. The summed E-state index contributed by atoms with van der Waals surface area (Å²) in [5.74, 6) is -3.03. The van der Waals surface area contributed by atoms with Gasteiger partial charge in [-0.1, -0.05) is 12.1 Å². The molecular formula is C18H16F3N3O3S2. The summed E-state index contributed by atoms with van der Waals surface area (Å²) in [6.07, 6.45) is -4.16. The van der Waals surface area contributed by atoms with Crippen molar-refractivity contribution in [1.82, 2.24) is 4.98 Å². The molecule has 0 radical (unpaired) electrons. The highest BCUT2D eigenvalue weighted by Crippen LogP contribution is 2.44. The number of quaternary nitrogens is 1. The number of hydrogen-bond acceptors (Lipinski definition) is 6. The van der Waals surface area contributed by atoms with Crippen molar-refractivity contribution >= 4 is 49.8 Å². The molecule has 6 nitrogen and oxygen atoms in total. The predicted molar refractivity (Wildman–Crippen MR) is 102 cm³/mol. The number of carboxylic acid groups (broad SMARTS) is 1. The second-order valence-corrected chi connectivity index (χ2v) is 8.33. The fourth-order valence-electron chi connectivity index (χ4n) is 2.87. The van der Waals surface area contributed by atoms with Crippen molar-refractivity contribution in [1.29, 1.82) is 0 Å². The molecule has 29 heavy (non-hydrogen) atoms. The van der Waals surface area contributed by atoms with E-state index in [1.54, 1.807) is 29.6 Å². The average molecular weight is 443 g/mol. The number of benzene rings is 1. The van der Waals surface area contributed by atoms with Crippen LogP contribution in [0.1, 0.15) is 17.4 Å². The van der Waals surface area contributed by atoms with E-state index in [4.69, 9.17) is 14.9 Å². The molecule has 0 saturated heterocycles. The number of hydrogen-bond donors (Lipinski definition) is 2. The number of para-hydroxylation sites is 1. The predicted octanol–water partition coefficient (Wildman–Crippen LogP) is 1.90. The van der Waals surface area contributed by atoms with E-state index in [1.807, 2.05) is 18.2 Å². The van der Waals surface area contributed by atoms with E-state index in [9.17, 15) is 18.0 Å². The SMILES string of the molecule is CC(=O)Nc1sc2c(c1-c1nc3ccccc3s1)CC[NH2+]C2.O=C([O-])C(F)(F)F. The molecule has 0 atom stereocenters. The normalized spacial score (nSPS) is 13.4. The molecule has 0 saturated carbocycles. The van der Waals surface area contributed by atoms with Gasteiger partial charge in [0.25, 0.3) is 0 Å². The van der Waals surface area contributed by atoms with Gasteiger partial charge >= 0.3 is 6.18 Å². The van der Waals surface area contributed by atoms with Gasteiger partial charge in [-0.3, -0.25) is 4.79 Å². The van der Waals surface area contributed by atoms with Gasteiger partial charge in [-0.05, 0) is 17.7 Å². The van der Waals surface area contributed by atoms with Crippen LogP contribution in [0.4, 0.5) is 18.2 Å². The Balaban J connectivity index is 0.000000298. The van der Waals surface area contributed by atoms with Crippen LogP contribution in [-0.2, 0) is 22.6 Å². The van der Waals surface area contributed by atoms with Crippen molar-refractivity contribution in [2.24, 2.45) is 0 Å². The Morgan fingerprint density at radius 3 is 2.55 bits per heavy atom. The maximum absolute atomic E-state index is 11.6. The lowest BCUT2D eigenvalue weighted by Gasteiger charge is -2.10. The van der Waals surface area contributed by atoms with Crippen molar-refractivity contribution < 1.29 is 33.2 Å². The second kappa shape index (κ2) is 8.47. The number of fused-ring (bicyclic) bond motifs is 2. The van der Waals surface area contributed by atoms with Crippen molar-refractivity contribution in [2.45, 2.75) is 26.1 Å². The zero-order valence-corrected chi connectivity index (χ0v) is 16.8. The molecule has 1 amide bonds. The van der Waals surface area contributed by atoms with Crippen LogP contribution in [0, 0.1) is 0 Å². The number of aliphatic carboxylic acids is 1. The van der Waals surface area contributed by atoms with Gasteiger partial charge in [0.05, 0.1) is 21.6 Å². The largest absolute Gasteiger partial charge is 0.542 e. The van der Waals surface area contributed by atoms with Crippen molar-refractivity contribution in [2.75, 3.05) is 11.9 Å². The number of thiophene rings is 1. The van der Waals surface area contributed by atoms with E-state index >= 15 is 0 Å². The third kappa shape index (κ3) is 4.92. The molecule has 0 fully saturated rings. The van der Waals surface area contributed by atoms with Crippen LogP contribution in [-0.4, -0.2) is 29.6 Å². The van der Waals surface area contributed by atoms with Gasteiger partial charge in [-0.2, -0.15) is 13.2 Å². The minimum atomic E-state index is -5.19. The van der Waals surface area contributed by atoms with Crippen LogP contribution in [0.2, 0.25) is 0 Å². The quantitative estimate of drug-likeness (QED) is 0.632. The van der Waals surface area contributed by atoms with Gasteiger partial charge < -0.3 is 20.5 Å². The Bertz CT molecular complexity index is 1030. The molecule has 3 aromatic rings. The van der Waals surface area contributed by atoms with Gasteiger partial charge in [-0.25, -0.2) is 4.98 Å². The first-order chi connectivity index (χ1) is 13.7. The van der Waals surface area contributed by atoms with Gasteiger partial charge in [0.2, 0.25) is 5.91 Å². The van der Waals surface area contributed by atoms with Crippen LogP contribution in [0.5, 0.6) is 0 Å². The van der Waals surface area contributed by atoms with Gasteiger partial charge in [0.15, 0.2) is 0 Å². The Hall–Kier alpha value is -2.50. The number of nitrogens with zero attached hydrogens (tertiary/aromatic N) is 1. The molecule has 1 aromatic carbocycles. The lowest BCUT2D eigenvalue weighted by molar-refractivity contribution is -0.672. The third-order valence-corrected chi connectivity index (χ3v) is 6.27. The Morgan fingerprint density at radius 1 is 1.24 bits per heavy atom. The molecule has 2 aromatic heterocycles. The lowest BCUT2D eigenvalue weighted by Crippen LogP contribution is -2.84. The number of anilines is 1. The molecular weight excluding hydrogens is 427 g/mol. The number of thiazole rings is 1. The third-order valence-electron chi connectivity index (χ3n) is 4.05. The van der Waals surface area contributed by atoms with E-state index < -0.39 is 12.1 Å². The first kappa shape index (κ1) is 21.2. The fourth-order valence-corrected chi connectivity index (χ4v) is 5.28. The van der Waals surface area contributed by atoms with Crippen molar-refractivity contribution in [3.05, 3.63) is 34.7 Å². The molecule has 154 valence electrons. The molecule has 0 aliphatic carbocycles. The highest BCUT2D eigenvalue weighted by molar-refractivity contribution is 7.22. The molecule has 11 heteroatoms. The highest BCUT2D eigenvalue weighted by Gasteiger charge is 2.29. The zero-order chi connectivity index (χ0) is 21.2. The molecule has 1 aliphatic heterocycles. The highest BCUT2D eigenvalue weighted by atomic mass is 32.1. The Labute approximate surface area is 171 Å².